The maximum absolute atomic E-state index is 12.1. The van der Waals surface area contributed by atoms with Crippen LogP contribution in [0.5, 0.6) is 0 Å². The average molecular weight is 334 g/mol. The van der Waals surface area contributed by atoms with Gasteiger partial charge in [0.2, 0.25) is 0 Å². The molecule has 0 aromatic heterocycles. The molecular weight excluding hydrogens is 329 g/mol. The lowest BCUT2D eigenvalue weighted by Crippen LogP contribution is -2.20. The summed E-state index contributed by atoms with van der Waals surface area (Å²) in [7, 11) is 0. The number of hydrogen-bond donors (Lipinski definition) is 1. The Morgan fingerprint density at radius 1 is 1.07 bits per heavy atom. The first kappa shape index (κ1) is 12.0. The van der Waals surface area contributed by atoms with Crippen molar-refractivity contribution >= 4 is 31.9 Å². The minimum Gasteiger partial charge on any atom is -0.379 e. The zero-order chi connectivity index (χ0) is 10.9. The third-order valence-electron chi connectivity index (χ3n) is 1.51. The van der Waals surface area contributed by atoms with Crippen molar-refractivity contribution in [3.63, 3.8) is 0 Å². The Bertz CT molecular complexity index is 318. The van der Waals surface area contributed by atoms with Gasteiger partial charge in [-0.2, -0.15) is 13.2 Å². The Morgan fingerprint density at radius 3 is 1.86 bits per heavy atom. The summed E-state index contributed by atoms with van der Waals surface area (Å²) in [5.74, 6) is 0. The predicted octanol–water partition coefficient (Wildman–Crippen LogP) is 3.81. The fourth-order valence-corrected chi connectivity index (χ4v) is 2.25. The zero-order valence-corrected chi connectivity index (χ0v) is 9.82. The lowest BCUT2D eigenvalue weighted by atomic mass is 10.1. The van der Waals surface area contributed by atoms with E-state index < -0.39 is 12.3 Å². The molecule has 0 heterocycles. The van der Waals surface area contributed by atoms with Gasteiger partial charge in [0.25, 0.3) is 0 Å². The van der Waals surface area contributed by atoms with Crippen molar-refractivity contribution in [2.75, 3.05) is 0 Å². The lowest BCUT2D eigenvalue weighted by molar-refractivity contribution is -0.206. The van der Waals surface area contributed by atoms with Crippen LogP contribution in [-0.4, -0.2) is 11.3 Å². The molecule has 6 heteroatoms. The Labute approximate surface area is 95.2 Å². The molecule has 1 aromatic carbocycles. The summed E-state index contributed by atoms with van der Waals surface area (Å²) in [5, 5.41) is 8.94. The first-order valence-electron chi connectivity index (χ1n) is 3.51. The molecule has 1 atom stereocenters. The van der Waals surface area contributed by atoms with Crippen LogP contribution in [0.2, 0.25) is 0 Å². The van der Waals surface area contributed by atoms with E-state index in [2.05, 4.69) is 31.9 Å². The van der Waals surface area contributed by atoms with E-state index in [1.807, 2.05) is 0 Å². The highest BCUT2D eigenvalue weighted by atomic mass is 79.9. The van der Waals surface area contributed by atoms with Crippen LogP contribution in [0, 0.1) is 0 Å². The first-order chi connectivity index (χ1) is 6.30. The number of alkyl halides is 3. The second-order valence-electron chi connectivity index (χ2n) is 2.65. The van der Waals surface area contributed by atoms with E-state index in [-0.39, 0.29) is 5.56 Å². The molecule has 0 aliphatic rings. The maximum Gasteiger partial charge on any atom is 0.418 e. The average Bonchev–Trinajstić information content (AvgIpc) is 1.99. The van der Waals surface area contributed by atoms with Gasteiger partial charge < -0.3 is 5.11 Å². The van der Waals surface area contributed by atoms with Crippen molar-refractivity contribution in [3.05, 3.63) is 32.7 Å². The van der Waals surface area contributed by atoms with Crippen molar-refractivity contribution in [2.24, 2.45) is 0 Å². The lowest BCUT2D eigenvalue weighted by Gasteiger charge is -2.15. The Morgan fingerprint density at radius 2 is 1.50 bits per heavy atom. The van der Waals surface area contributed by atoms with E-state index >= 15 is 0 Å². The molecule has 0 bridgehead atoms. The highest BCUT2D eigenvalue weighted by Crippen LogP contribution is 2.34. The largest absolute Gasteiger partial charge is 0.418 e. The van der Waals surface area contributed by atoms with Gasteiger partial charge in [-0.1, -0.05) is 31.9 Å². The van der Waals surface area contributed by atoms with Crippen LogP contribution in [-0.2, 0) is 0 Å². The SMILES string of the molecule is OC(c1cc(Br)cc(Br)c1)C(F)(F)F. The first-order valence-corrected chi connectivity index (χ1v) is 5.10. The van der Waals surface area contributed by atoms with Crippen LogP contribution in [0.1, 0.15) is 11.7 Å². The smallest absolute Gasteiger partial charge is 0.379 e. The number of rotatable bonds is 1. The minimum atomic E-state index is -4.64. The molecule has 78 valence electrons. The molecule has 0 aliphatic heterocycles. The maximum atomic E-state index is 12.1. The number of aliphatic hydroxyl groups is 1. The molecule has 0 spiro atoms. The van der Waals surface area contributed by atoms with Gasteiger partial charge in [0, 0.05) is 8.95 Å². The van der Waals surface area contributed by atoms with Gasteiger partial charge in [0.1, 0.15) is 0 Å². The van der Waals surface area contributed by atoms with E-state index in [9.17, 15) is 13.2 Å². The highest BCUT2D eigenvalue weighted by Gasteiger charge is 2.39. The van der Waals surface area contributed by atoms with Crippen LogP contribution >= 0.6 is 31.9 Å². The van der Waals surface area contributed by atoms with Gasteiger partial charge in [0.05, 0.1) is 0 Å². The number of benzene rings is 1. The molecule has 1 rings (SSSR count). The van der Waals surface area contributed by atoms with Gasteiger partial charge in [-0.3, -0.25) is 0 Å². The Hall–Kier alpha value is -0.0700. The molecule has 0 radical (unpaired) electrons. The van der Waals surface area contributed by atoms with Crippen LogP contribution in [0.15, 0.2) is 27.1 Å². The highest BCUT2D eigenvalue weighted by molar-refractivity contribution is 9.11. The molecular formula is C8H5Br2F3O. The molecule has 1 nitrogen and oxygen atoms in total. The second-order valence-corrected chi connectivity index (χ2v) is 4.48. The molecule has 1 aromatic rings. The molecule has 1 N–H and O–H groups in total. The predicted molar refractivity (Wildman–Crippen MR) is 52.9 cm³/mol. The molecule has 0 aliphatic carbocycles. The van der Waals surface area contributed by atoms with Gasteiger partial charge in [-0.15, -0.1) is 0 Å². The van der Waals surface area contributed by atoms with Crippen molar-refractivity contribution < 1.29 is 18.3 Å². The van der Waals surface area contributed by atoms with Gasteiger partial charge in [-0.05, 0) is 23.8 Å². The monoisotopic (exact) mass is 332 g/mol. The van der Waals surface area contributed by atoms with Crippen molar-refractivity contribution in [2.45, 2.75) is 12.3 Å². The summed E-state index contributed by atoms with van der Waals surface area (Å²) in [5.41, 5.74) is -0.196. The molecule has 14 heavy (non-hydrogen) atoms. The summed E-state index contributed by atoms with van der Waals surface area (Å²) in [6, 6.07) is 4.04. The molecule has 0 saturated carbocycles. The van der Waals surface area contributed by atoms with Crippen LogP contribution in [0.4, 0.5) is 13.2 Å². The Balaban J connectivity index is 3.07. The molecule has 0 saturated heterocycles. The second kappa shape index (κ2) is 4.20. The van der Waals surface area contributed by atoms with Crippen LogP contribution < -0.4 is 0 Å². The molecule has 0 amide bonds. The normalized spacial score (nSPS) is 14.1. The molecule has 0 fully saturated rings. The topological polar surface area (TPSA) is 20.2 Å². The summed E-state index contributed by atoms with van der Waals surface area (Å²) >= 11 is 6.08. The third-order valence-corrected chi connectivity index (χ3v) is 2.43. The third kappa shape index (κ3) is 2.96. The van der Waals surface area contributed by atoms with E-state index in [0.717, 1.165) is 0 Å². The summed E-state index contributed by atoms with van der Waals surface area (Å²) in [6.07, 6.45) is -7.09. The fourth-order valence-electron chi connectivity index (χ4n) is 0.922. The molecule has 1 unspecified atom stereocenters. The van der Waals surface area contributed by atoms with Crippen LogP contribution in [0.25, 0.3) is 0 Å². The van der Waals surface area contributed by atoms with E-state index in [0.29, 0.717) is 8.95 Å². The number of hydrogen-bond acceptors (Lipinski definition) is 1. The zero-order valence-electron chi connectivity index (χ0n) is 6.65. The van der Waals surface area contributed by atoms with Crippen molar-refractivity contribution in [1.29, 1.82) is 0 Å². The summed E-state index contributed by atoms with van der Waals surface area (Å²) in [4.78, 5) is 0. The number of halogens is 5. The van der Waals surface area contributed by atoms with Gasteiger partial charge in [0.15, 0.2) is 6.10 Å². The minimum absolute atomic E-state index is 0.196. The fraction of sp³-hybridized carbons (Fsp3) is 0.250. The van der Waals surface area contributed by atoms with Crippen molar-refractivity contribution in [3.8, 4) is 0 Å². The van der Waals surface area contributed by atoms with Gasteiger partial charge >= 0.3 is 6.18 Å². The quantitative estimate of drug-likeness (QED) is 0.828. The van der Waals surface area contributed by atoms with E-state index in [1.165, 1.54) is 12.1 Å². The summed E-state index contributed by atoms with van der Waals surface area (Å²) in [6.45, 7) is 0. The van der Waals surface area contributed by atoms with E-state index in [4.69, 9.17) is 5.11 Å². The standard InChI is InChI=1S/C8H5Br2F3O/c9-5-1-4(2-6(10)3-5)7(14)8(11,12)13/h1-3,7,14H. The van der Waals surface area contributed by atoms with Crippen molar-refractivity contribution in [1.82, 2.24) is 0 Å². The number of aliphatic hydroxyl groups excluding tert-OH is 1. The van der Waals surface area contributed by atoms with Gasteiger partial charge in [-0.25, -0.2) is 0 Å². The summed E-state index contributed by atoms with van der Waals surface area (Å²) < 4.78 is 37.3. The van der Waals surface area contributed by atoms with E-state index in [1.54, 1.807) is 6.07 Å². The van der Waals surface area contributed by atoms with Crippen LogP contribution in [0.3, 0.4) is 0 Å². The Kier molecular flexibility index (Phi) is 3.60.